The van der Waals surface area contributed by atoms with Gasteiger partial charge in [-0.2, -0.15) is 0 Å². The number of rotatable bonds is 4. The molecule has 9 heteroatoms. The maximum absolute atomic E-state index is 11.5. The number of thiophene rings is 1. The van der Waals surface area contributed by atoms with Gasteiger partial charge in [-0.15, -0.1) is 11.3 Å². The van der Waals surface area contributed by atoms with E-state index in [-0.39, 0.29) is 11.5 Å². The quantitative estimate of drug-likeness (QED) is 0.485. The van der Waals surface area contributed by atoms with Crippen molar-refractivity contribution in [2.45, 2.75) is 6.92 Å². The predicted octanol–water partition coefficient (Wildman–Crippen LogP) is 3.85. The third-order valence-electron chi connectivity index (χ3n) is 5.54. The summed E-state index contributed by atoms with van der Waals surface area (Å²) in [5, 5.41) is 10.5. The minimum Gasteiger partial charge on any atom is -0.478 e. The van der Waals surface area contributed by atoms with Gasteiger partial charge in [0.05, 0.1) is 24.5 Å². The van der Waals surface area contributed by atoms with Gasteiger partial charge in [-0.25, -0.2) is 19.7 Å². The number of benzene rings is 1. The van der Waals surface area contributed by atoms with E-state index >= 15 is 0 Å². The number of carboxylic acid groups (broad SMARTS) is 1. The molecule has 0 radical (unpaired) electrons. The third kappa shape index (κ3) is 3.65. The highest BCUT2D eigenvalue weighted by atomic mass is 32.1. The molecule has 0 spiro atoms. The molecule has 32 heavy (non-hydrogen) atoms. The van der Waals surface area contributed by atoms with Crippen LogP contribution in [0.25, 0.3) is 31.8 Å². The van der Waals surface area contributed by atoms with Gasteiger partial charge in [0, 0.05) is 51.6 Å². The highest BCUT2D eigenvalue weighted by Gasteiger charge is 2.22. The summed E-state index contributed by atoms with van der Waals surface area (Å²) in [5.41, 5.74) is 9.35. The molecule has 1 aliphatic rings. The molecule has 1 aliphatic heterocycles. The van der Waals surface area contributed by atoms with Crippen LogP contribution in [0.15, 0.2) is 42.7 Å². The van der Waals surface area contributed by atoms with Gasteiger partial charge in [0.2, 0.25) is 5.95 Å². The Kier molecular flexibility index (Phi) is 5.20. The first-order valence-corrected chi connectivity index (χ1v) is 11.0. The molecular weight excluding hydrogens is 426 g/mol. The SMILES string of the molecule is Cc1c(-c2cccc(C(=O)O)c2)nc(N2CCOCC2)c2cc(-c3cnc(N)nc3)sc12. The smallest absolute Gasteiger partial charge is 0.335 e. The van der Waals surface area contributed by atoms with Crippen LogP contribution in [-0.2, 0) is 4.74 Å². The van der Waals surface area contributed by atoms with E-state index in [2.05, 4.69) is 20.9 Å². The number of aryl methyl sites for hydroxylation is 1. The second kappa shape index (κ2) is 8.18. The Morgan fingerprint density at radius 2 is 1.91 bits per heavy atom. The molecule has 4 heterocycles. The molecule has 0 saturated carbocycles. The first kappa shape index (κ1) is 20.3. The summed E-state index contributed by atoms with van der Waals surface area (Å²) in [6, 6.07) is 9.04. The molecule has 3 aromatic heterocycles. The topological polar surface area (TPSA) is 114 Å². The van der Waals surface area contributed by atoms with Crippen molar-refractivity contribution in [3.63, 3.8) is 0 Å². The number of hydrogen-bond donors (Lipinski definition) is 2. The van der Waals surface area contributed by atoms with Crippen LogP contribution in [0.1, 0.15) is 15.9 Å². The Morgan fingerprint density at radius 1 is 1.16 bits per heavy atom. The number of morpholine rings is 1. The highest BCUT2D eigenvalue weighted by Crippen LogP contribution is 2.42. The second-order valence-electron chi connectivity index (χ2n) is 7.58. The number of fused-ring (bicyclic) bond motifs is 1. The molecular formula is C23H21N5O3S. The zero-order chi connectivity index (χ0) is 22.2. The van der Waals surface area contributed by atoms with Gasteiger partial charge < -0.3 is 20.5 Å². The second-order valence-corrected chi connectivity index (χ2v) is 8.63. The molecule has 0 unspecified atom stereocenters. The largest absolute Gasteiger partial charge is 0.478 e. The normalized spacial score (nSPS) is 14.1. The zero-order valence-corrected chi connectivity index (χ0v) is 18.2. The Balaban J connectivity index is 1.73. The van der Waals surface area contributed by atoms with E-state index in [4.69, 9.17) is 15.5 Å². The number of hydrogen-bond acceptors (Lipinski definition) is 8. The van der Waals surface area contributed by atoms with Gasteiger partial charge in [-0.05, 0) is 30.7 Å². The van der Waals surface area contributed by atoms with E-state index in [0.29, 0.717) is 13.2 Å². The number of aromatic carboxylic acids is 1. The molecule has 1 aromatic carbocycles. The molecule has 0 atom stereocenters. The number of aromatic nitrogens is 3. The van der Waals surface area contributed by atoms with Crippen molar-refractivity contribution < 1.29 is 14.6 Å². The van der Waals surface area contributed by atoms with E-state index < -0.39 is 5.97 Å². The molecule has 162 valence electrons. The monoisotopic (exact) mass is 447 g/mol. The summed E-state index contributed by atoms with van der Waals surface area (Å²) >= 11 is 1.65. The van der Waals surface area contributed by atoms with Crippen LogP contribution in [0.2, 0.25) is 0 Å². The first-order valence-electron chi connectivity index (χ1n) is 10.2. The van der Waals surface area contributed by atoms with Gasteiger partial charge >= 0.3 is 5.97 Å². The van der Waals surface area contributed by atoms with E-state index in [9.17, 15) is 9.90 Å². The number of nitrogens with two attached hydrogens (primary N) is 1. The fraction of sp³-hybridized carbons (Fsp3) is 0.217. The van der Waals surface area contributed by atoms with Crippen molar-refractivity contribution in [2.24, 2.45) is 0 Å². The number of ether oxygens (including phenoxy) is 1. The summed E-state index contributed by atoms with van der Waals surface area (Å²) in [6.45, 7) is 4.81. The maximum Gasteiger partial charge on any atom is 0.335 e. The predicted molar refractivity (Wildman–Crippen MR) is 125 cm³/mol. The lowest BCUT2D eigenvalue weighted by Crippen LogP contribution is -2.37. The van der Waals surface area contributed by atoms with Crippen molar-refractivity contribution in [1.82, 2.24) is 15.0 Å². The number of pyridine rings is 1. The van der Waals surface area contributed by atoms with Crippen LogP contribution in [0.3, 0.4) is 0 Å². The standard InChI is InChI=1S/C23H21N5O3S/c1-13-19(14-3-2-4-15(9-14)22(29)30)27-21(28-5-7-31-8-6-28)17-10-18(32-20(13)17)16-11-25-23(24)26-12-16/h2-4,9-12H,5-8H2,1H3,(H,29,30)(H2,24,25,26). The van der Waals surface area contributed by atoms with Crippen molar-refractivity contribution in [3.05, 3.63) is 53.9 Å². The van der Waals surface area contributed by atoms with Crippen molar-refractivity contribution in [3.8, 4) is 21.7 Å². The number of nitrogen functional groups attached to an aromatic ring is 1. The Labute approximate surface area is 188 Å². The summed E-state index contributed by atoms with van der Waals surface area (Å²) in [4.78, 5) is 28.1. The molecule has 8 nitrogen and oxygen atoms in total. The average Bonchev–Trinajstić information content (AvgIpc) is 3.26. The molecule has 5 rings (SSSR count). The number of carbonyl (C=O) groups is 1. The van der Waals surface area contributed by atoms with Crippen molar-refractivity contribution in [1.29, 1.82) is 0 Å². The molecule has 0 aliphatic carbocycles. The Hall–Kier alpha value is -3.56. The lowest BCUT2D eigenvalue weighted by Gasteiger charge is -2.29. The Morgan fingerprint density at radius 3 is 2.62 bits per heavy atom. The van der Waals surface area contributed by atoms with Crippen LogP contribution in [0.4, 0.5) is 11.8 Å². The molecule has 0 amide bonds. The van der Waals surface area contributed by atoms with Crippen LogP contribution < -0.4 is 10.6 Å². The van der Waals surface area contributed by atoms with Crippen LogP contribution in [0, 0.1) is 6.92 Å². The molecule has 4 aromatic rings. The zero-order valence-electron chi connectivity index (χ0n) is 17.4. The van der Waals surface area contributed by atoms with Gasteiger partial charge in [0.15, 0.2) is 0 Å². The summed E-state index contributed by atoms with van der Waals surface area (Å²) in [7, 11) is 0. The summed E-state index contributed by atoms with van der Waals surface area (Å²) in [5.74, 6) is 0.159. The fourth-order valence-electron chi connectivity index (χ4n) is 3.90. The molecule has 3 N–H and O–H groups in total. The van der Waals surface area contributed by atoms with E-state index in [1.807, 2.05) is 13.0 Å². The van der Waals surface area contributed by atoms with Crippen LogP contribution >= 0.6 is 11.3 Å². The highest BCUT2D eigenvalue weighted by molar-refractivity contribution is 7.22. The van der Waals surface area contributed by atoms with Crippen molar-refractivity contribution >= 4 is 39.2 Å². The van der Waals surface area contributed by atoms with Crippen molar-refractivity contribution in [2.75, 3.05) is 36.9 Å². The lowest BCUT2D eigenvalue weighted by atomic mass is 10.0. The minimum atomic E-state index is -0.958. The Bertz CT molecular complexity index is 1310. The van der Waals surface area contributed by atoms with Crippen LogP contribution in [0.5, 0.6) is 0 Å². The summed E-state index contributed by atoms with van der Waals surface area (Å²) < 4.78 is 6.64. The van der Waals surface area contributed by atoms with Gasteiger partial charge in [-0.3, -0.25) is 0 Å². The minimum absolute atomic E-state index is 0.238. The molecule has 0 bridgehead atoms. The number of carboxylic acids is 1. The fourth-order valence-corrected chi connectivity index (χ4v) is 5.03. The van der Waals surface area contributed by atoms with E-state index in [1.54, 1.807) is 41.9 Å². The lowest BCUT2D eigenvalue weighted by molar-refractivity contribution is 0.0697. The molecule has 1 fully saturated rings. The van der Waals surface area contributed by atoms with Gasteiger partial charge in [-0.1, -0.05) is 12.1 Å². The number of anilines is 2. The summed E-state index contributed by atoms with van der Waals surface area (Å²) in [6.07, 6.45) is 3.45. The van der Waals surface area contributed by atoms with E-state index in [1.165, 1.54) is 0 Å². The van der Waals surface area contributed by atoms with E-state index in [0.717, 1.165) is 56.3 Å². The average molecular weight is 448 g/mol. The van der Waals surface area contributed by atoms with Crippen LogP contribution in [-0.4, -0.2) is 52.3 Å². The third-order valence-corrected chi connectivity index (χ3v) is 6.84. The number of nitrogens with zero attached hydrogens (tertiary/aromatic N) is 4. The first-order chi connectivity index (χ1) is 15.5. The maximum atomic E-state index is 11.5. The van der Waals surface area contributed by atoms with Gasteiger partial charge in [0.1, 0.15) is 5.82 Å². The van der Waals surface area contributed by atoms with Gasteiger partial charge in [0.25, 0.3) is 0 Å². The molecule has 1 saturated heterocycles.